The highest BCUT2D eigenvalue weighted by Gasteiger charge is 2.37. The van der Waals surface area contributed by atoms with Crippen LogP contribution in [0.4, 0.5) is 5.69 Å². The third kappa shape index (κ3) is 4.69. The van der Waals surface area contributed by atoms with Crippen molar-refractivity contribution in [3.63, 3.8) is 0 Å². The van der Waals surface area contributed by atoms with Crippen LogP contribution in [0, 0.1) is 11.8 Å². The second-order valence-corrected chi connectivity index (χ2v) is 6.69. The van der Waals surface area contributed by atoms with Gasteiger partial charge in [0.1, 0.15) is 17.5 Å². The van der Waals surface area contributed by atoms with E-state index in [-0.39, 0.29) is 24.8 Å². The first-order chi connectivity index (χ1) is 12.8. The van der Waals surface area contributed by atoms with Crippen molar-refractivity contribution in [2.24, 2.45) is 11.8 Å². The minimum atomic E-state index is -1.07. The normalized spacial score (nSPS) is 18.7. The molecule has 148 valence electrons. The van der Waals surface area contributed by atoms with Crippen molar-refractivity contribution in [2.45, 2.75) is 32.7 Å². The van der Waals surface area contributed by atoms with Gasteiger partial charge in [-0.2, -0.15) is 0 Å². The van der Waals surface area contributed by atoms with Gasteiger partial charge in [-0.15, -0.1) is 0 Å². The van der Waals surface area contributed by atoms with Crippen molar-refractivity contribution in [1.29, 1.82) is 0 Å². The highest BCUT2D eigenvalue weighted by Crippen LogP contribution is 2.32. The molecule has 3 atom stereocenters. The van der Waals surface area contributed by atoms with Crippen molar-refractivity contribution in [3.05, 3.63) is 18.2 Å². The summed E-state index contributed by atoms with van der Waals surface area (Å²) in [5.74, 6) is -1.45. The first-order valence-electron chi connectivity index (χ1n) is 8.87. The number of methoxy groups -OCH3 is 2. The summed E-state index contributed by atoms with van der Waals surface area (Å²) in [6.07, 6.45) is 0.648. The summed E-state index contributed by atoms with van der Waals surface area (Å²) in [5, 5.41) is 11.9. The van der Waals surface area contributed by atoms with E-state index in [2.05, 4.69) is 5.32 Å². The lowest BCUT2D eigenvalue weighted by atomic mass is 9.98. The summed E-state index contributed by atoms with van der Waals surface area (Å²) in [7, 11) is 3.03. The van der Waals surface area contributed by atoms with Crippen LogP contribution >= 0.6 is 0 Å². The Morgan fingerprint density at radius 3 is 2.33 bits per heavy atom. The van der Waals surface area contributed by atoms with Gasteiger partial charge in [0, 0.05) is 31.2 Å². The van der Waals surface area contributed by atoms with E-state index in [4.69, 9.17) is 9.47 Å². The molecule has 2 N–H and O–H groups in total. The molecular weight excluding hydrogens is 352 g/mol. The van der Waals surface area contributed by atoms with Crippen molar-refractivity contribution in [1.82, 2.24) is 5.32 Å². The molecular formula is C19H26N2O6. The Bertz CT molecular complexity index is 698. The first-order valence-corrected chi connectivity index (χ1v) is 8.87. The Morgan fingerprint density at radius 1 is 1.26 bits per heavy atom. The molecule has 1 aromatic carbocycles. The number of amides is 2. The van der Waals surface area contributed by atoms with E-state index in [1.54, 1.807) is 25.1 Å². The highest BCUT2D eigenvalue weighted by atomic mass is 16.5. The predicted octanol–water partition coefficient (Wildman–Crippen LogP) is 1.67. The van der Waals surface area contributed by atoms with Gasteiger partial charge in [0.15, 0.2) is 0 Å². The maximum Gasteiger partial charge on any atom is 0.326 e. The molecule has 0 radical (unpaired) electrons. The topological polar surface area (TPSA) is 105 Å². The van der Waals surface area contributed by atoms with Gasteiger partial charge < -0.3 is 24.8 Å². The molecule has 0 spiro atoms. The van der Waals surface area contributed by atoms with Crippen LogP contribution in [0.15, 0.2) is 18.2 Å². The molecule has 2 amide bonds. The highest BCUT2D eigenvalue weighted by molar-refractivity contribution is 6.01. The minimum Gasteiger partial charge on any atom is -0.497 e. The van der Waals surface area contributed by atoms with Crippen LogP contribution in [0.5, 0.6) is 11.5 Å². The average molecular weight is 378 g/mol. The number of rotatable bonds is 8. The lowest BCUT2D eigenvalue weighted by Gasteiger charge is -2.22. The second-order valence-electron chi connectivity index (χ2n) is 6.69. The summed E-state index contributed by atoms with van der Waals surface area (Å²) < 4.78 is 10.4. The van der Waals surface area contributed by atoms with Crippen LogP contribution in [0.3, 0.4) is 0 Å². The van der Waals surface area contributed by atoms with Gasteiger partial charge >= 0.3 is 5.97 Å². The SMILES string of the molecule is CC[C@H](C)[C@H](NC(=O)C1CC(=O)N(c2cc(OC)cc(OC)c2)C1)C(=O)O. The maximum absolute atomic E-state index is 12.5. The van der Waals surface area contributed by atoms with E-state index in [0.29, 0.717) is 23.6 Å². The Kier molecular flexibility index (Phi) is 6.65. The fourth-order valence-electron chi connectivity index (χ4n) is 3.04. The first kappa shape index (κ1) is 20.5. The van der Waals surface area contributed by atoms with Gasteiger partial charge in [-0.3, -0.25) is 9.59 Å². The van der Waals surface area contributed by atoms with Gasteiger partial charge in [0.05, 0.1) is 25.8 Å². The van der Waals surface area contributed by atoms with Crippen LogP contribution < -0.4 is 19.7 Å². The number of benzene rings is 1. The van der Waals surface area contributed by atoms with Crippen LogP contribution in [0.2, 0.25) is 0 Å². The number of nitrogens with one attached hydrogen (secondary N) is 1. The van der Waals surface area contributed by atoms with E-state index in [1.807, 2.05) is 6.92 Å². The summed E-state index contributed by atoms with van der Waals surface area (Å²) in [4.78, 5) is 37.9. The number of nitrogens with zero attached hydrogens (tertiary/aromatic N) is 1. The lowest BCUT2D eigenvalue weighted by Crippen LogP contribution is -2.47. The Balaban J connectivity index is 2.15. The van der Waals surface area contributed by atoms with Crippen LogP contribution in [-0.2, 0) is 14.4 Å². The zero-order valence-corrected chi connectivity index (χ0v) is 16.0. The number of carbonyl (C=O) groups excluding carboxylic acids is 2. The van der Waals surface area contributed by atoms with Gasteiger partial charge in [-0.25, -0.2) is 4.79 Å². The van der Waals surface area contributed by atoms with Crippen molar-refractivity contribution in [3.8, 4) is 11.5 Å². The Labute approximate surface area is 158 Å². The number of carboxylic acids is 1. The number of anilines is 1. The number of carbonyl (C=O) groups is 3. The number of ether oxygens (including phenoxy) is 2. The largest absolute Gasteiger partial charge is 0.497 e. The van der Waals surface area contributed by atoms with Crippen molar-refractivity contribution in [2.75, 3.05) is 25.7 Å². The number of hydrogen-bond acceptors (Lipinski definition) is 5. The molecule has 1 aliphatic heterocycles. The molecule has 0 aromatic heterocycles. The fourth-order valence-corrected chi connectivity index (χ4v) is 3.04. The summed E-state index contributed by atoms with van der Waals surface area (Å²) >= 11 is 0. The molecule has 1 saturated heterocycles. The molecule has 1 unspecified atom stereocenters. The van der Waals surface area contributed by atoms with Gasteiger partial charge in [-0.1, -0.05) is 20.3 Å². The number of hydrogen-bond donors (Lipinski definition) is 2. The molecule has 8 nitrogen and oxygen atoms in total. The predicted molar refractivity (Wildman–Crippen MR) is 99.0 cm³/mol. The van der Waals surface area contributed by atoms with Crippen LogP contribution in [0.1, 0.15) is 26.7 Å². The average Bonchev–Trinajstić information content (AvgIpc) is 3.06. The Hall–Kier alpha value is -2.77. The van der Waals surface area contributed by atoms with Gasteiger partial charge in [-0.05, 0) is 5.92 Å². The van der Waals surface area contributed by atoms with Gasteiger partial charge in [0.25, 0.3) is 0 Å². The van der Waals surface area contributed by atoms with Crippen molar-refractivity contribution < 1.29 is 29.0 Å². The van der Waals surface area contributed by atoms with E-state index in [9.17, 15) is 19.5 Å². The van der Waals surface area contributed by atoms with E-state index >= 15 is 0 Å². The molecule has 8 heteroatoms. The van der Waals surface area contributed by atoms with E-state index < -0.39 is 23.8 Å². The smallest absolute Gasteiger partial charge is 0.326 e. The van der Waals surface area contributed by atoms with Gasteiger partial charge in [0.2, 0.25) is 11.8 Å². The molecule has 27 heavy (non-hydrogen) atoms. The summed E-state index contributed by atoms with van der Waals surface area (Å²) in [6.45, 7) is 3.81. The third-order valence-electron chi connectivity index (χ3n) is 4.92. The fraction of sp³-hybridized carbons (Fsp3) is 0.526. The molecule has 0 bridgehead atoms. The van der Waals surface area contributed by atoms with E-state index in [1.165, 1.54) is 19.1 Å². The Morgan fingerprint density at radius 2 is 1.85 bits per heavy atom. The third-order valence-corrected chi connectivity index (χ3v) is 4.92. The quantitative estimate of drug-likeness (QED) is 0.713. The standard InChI is InChI=1S/C19H26N2O6/c1-5-11(2)17(19(24)25)20-18(23)12-6-16(22)21(10-12)13-7-14(26-3)9-15(8-13)27-4/h7-9,11-12,17H,5-6,10H2,1-4H3,(H,20,23)(H,24,25)/t11-,12?,17-/m0/s1. The van der Waals surface area contributed by atoms with Crippen molar-refractivity contribution >= 4 is 23.5 Å². The monoisotopic (exact) mass is 378 g/mol. The molecule has 2 rings (SSSR count). The molecule has 1 aromatic rings. The molecule has 0 saturated carbocycles. The minimum absolute atomic E-state index is 0.0260. The zero-order valence-electron chi connectivity index (χ0n) is 16.0. The second kappa shape index (κ2) is 8.75. The summed E-state index contributed by atoms with van der Waals surface area (Å²) in [6, 6.07) is 4.11. The molecule has 1 heterocycles. The molecule has 1 fully saturated rings. The van der Waals surface area contributed by atoms with Crippen LogP contribution in [0.25, 0.3) is 0 Å². The lowest BCUT2D eigenvalue weighted by molar-refractivity contribution is -0.143. The van der Waals surface area contributed by atoms with E-state index in [0.717, 1.165) is 0 Å². The molecule has 0 aliphatic carbocycles. The zero-order chi connectivity index (χ0) is 20.1. The number of aliphatic carboxylic acids is 1. The molecule has 1 aliphatic rings. The van der Waals surface area contributed by atoms with Crippen LogP contribution in [-0.4, -0.2) is 49.7 Å². The maximum atomic E-state index is 12.5. The number of carboxylic acid groups (broad SMARTS) is 1. The summed E-state index contributed by atoms with van der Waals surface area (Å²) in [5.41, 5.74) is 0.572.